The van der Waals surface area contributed by atoms with Crippen LogP contribution in [-0.4, -0.2) is 15.0 Å². The number of nitrogens with zero attached hydrogens (tertiary/aromatic N) is 2. The maximum Gasteiger partial charge on any atom is 0.224 e. The smallest absolute Gasteiger partial charge is 0.224 e. The molecule has 0 aliphatic heterocycles. The molecule has 3 aromatic rings. The molecule has 84 valence electrons. The fraction of sp³-hybridized carbons (Fsp3) is 0. The molecule has 0 saturated heterocycles. The lowest BCUT2D eigenvalue weighted by Crippen LogP contribution is -1.98. The number of nitrogens with one attached hydrogen (secondary N) is 1. The molecule has 6 heteroatoms. The zero-order valence-electron chi connectivity index (χ0n) is 8.68. The molecule has 0 aliphatic rings. The van der Waals surface area contributed by atoms with Gasteiger partial charge < -0.3 is 10.7 Å². The molecule has 3 N–H and O–H groups in total. The monoisotopic (exact) mass is 260 g/mol. The number of aromatic amines is 1. The molecule has 2 aromatic heterocycles. The Morgan fingerprint density at radius 1 is 1.24 bits per heavy atom. The van der Waals surface area contributed by atoms with Crippen molar-refractivity contribution in [3.05, 3.63) is 35.1 Å². The Balaban J connectivity index is 2.23. The highest BCUT2D eigenvalue weighted by molar-refractivity contribution is 7.71. The number of anilines is 1. The van der Waals surface area contributed by atoms with E-state index in [0.29, 0.717) is 5.82 Å². The topological polar surface area (TPSA) is 67.6 Å². The summed E-state index contributed by atoms with van der Waals surface area (Å²) in [5.41, 5.74) is 5.62. The maximum absolute atomic E-state index is 5.62. The molecule has 0 aliphatic carbocycles. The normalized spacial score (nSPS) is 10.8. The third kappa shape index (κ3) is 1.92. The van der Waals surface area contributed by atoms with Crippen LogP contribution < -0.4 is 5.73 Å². The molecular formula is C11H8N4S2. The van der Waals surface area contributed by atoms with E-state index in [1.807, 2.05) is 12.1 Å². The van der Waals surface area contributed by atoms with Crippen LogP contribution in [0.2, 0.25) is 0 Å². The van der Waals surface area contributed by atoms with Crippen LogP contribution in [-0.2, 0) is 0 Å². The Bertz CT molecular complexity index is 711. The number of thiophene rings is 1. The average Bonchev–Trinajstić information content (AvgIpc) is 2.71. The van der Waals surface area contributed by atoms with Gasteiger partial charge in [0, 0.05) is 4.70 Å². The lowest BCUT2D eigenvalue weighted by molar-refractivity contribution is 1.05. The predicted octanol–water partition coefficient (Wildman–Crippen LogP) is 3.00. The fourth-order valence-electron chi connectivity index (χ4n) is 1.62. The van der Waals surface area contributed by atoms with Gasteiger partial charge in [-0.25, -0.2) is 0 Å². The minimum absolute atomic E-state index is 0.258. The molecule has 2 heterocycles. The van der Waals surface area contributed by atoms with Crippen molar-refractivity contribution in [3.8, 4) is 10.7 Å². The van der Waals surface area contributed by atoms with E-state index >= 15 is 0 Å². The van der Waals surface area contributed by atoms with Gasteiger partial charge in [0.2, 0.25) is 10.7 Å². The molecule has 0 saturated carbocycles. The number of benzene rings is 1. The van der Waals surface area contributed by atoms with Crippen molar-refractivity contribution in [1.82, 2.24) is 15.0 Å². The Morgan fingerprint density at radius 3 is 2.82 bits per heavy atom. The third-order valence-electron chi connectivity index (χ3n) is 2.33. The molecule has 17 heavy (non-hydrogen) atoms. The van der Waals surface area contributed by atoms with Crippen molar-refractivity contribution in [3.63, 3.8) is 0 Å². The third-order valence-corrected chi connectivity index (χ3v) is 3.63. The lowest BCUT2D eigenvalue weighted by Gasteiger charge is -1.97. The van der Waals surface area contributed by atoms with Crippen molar-refractivity contribution in [2.45, 2.75) is 0 Å². The molecule has 0 unspecified atom stereocenters. The summed E-state index contributed by atoms with van der Waals surface area (Å²) in [6.45, 7) is 0. The summed E-state index contributed by atoms with van der Waals surface area (Å²) < 4.78 is 1.47. The zero-order chi connectivity index (χ0) is 11.8. The zero-order valence-corrected chi connectivity index (χ0v) is 10.3. The molecule has 0 spiro atoms. The van der Waals surface area contributed by atoms with Crippen molar-refractivity contribution in [2.75, 3.05) is 5.73 Å². The molecule has 0 amide bonds. The second-order valence-electron chi connectivity index (χ2n) is 3.51. The summed E-state index contributed by atoms with van der Waals surface area (Å²) in [4.78, 5) is 12.0. The number of aromatic nitrogens is 3. The highest BCUT2D eigenvalue weighted by Crippen LogP contribution is 2.31. The first kappa shape index (κ1) is 10.4. The summed E-state index contributed by atoms with van der Waals surface area (Å²) in [7, 11) is 0. The van der Waals surface area contributed by atoms with Crippen molar-refractivity contribution in [2.24, 2.45) is 0 Å². The number of nitrogen functional groups attached to an aromatic ring is 1. The quantitative estimate of drug-likeness (QED) is 0.660. The lowest BCUT2D eigenvalue weighted by atomic mass is 10.2. The number of H-pyrrole nitrogens is 1. The van der Waals surface area contributed by atoms with Crippen LogP contribution in [0.4, 0.5) is 5.95 Å². The molecule has 0 atom stereocenters. The van der Waals surface area contributed by atoms with E-state index < -0.39 is 0 Å². The van der Waals surface area contributed by atoms with E-state index in [2.05, 4.69) is 33.2 Å². The minimum atomic E-state index is 0.258. The Hall–Kier alpha value is -1.79. The largest absolute Gasteiger partial charge is 0.369 e. The van der Waals surface area contributed by atoms with Gasteiger partial charge in [-0.3, -0.25) is 0 Å². The number of nitrogens with two attached hydrogens (primary N) is 1. The summed E-state index contributed by atoms with van der Waals surface area (Å²) in [5, 5.41) is 1.18. The van der Waals surface area contributed by atoms with Gasteiger partial charge in [-0.2, -0.15) is 9.97 Å². The van der Waals surface area contributed by atoms with E-state index in [0.717, 1.165) is 4.88 Å². The van der Waals surface area contributed by atoms with Crippen molar-refractivity contribution < 1.29 is 0 Å². The average molecular weight is 260 g/mol. The van der Waals surface area contributed by atoms with Crippen LogP contribution in [0.3, 0.4) is 0 Å². The first-order valence-corrected chi connectivity index (χ1v) is 6.17. The van der Waals surface area contributed by atoms with Crippen LogP contribution in [0.25, 0.3) is 20.8 Å². The molecule has 0 radical (unpaired) electrons. The Labute approximate surface area is 106 Å². The van der Waals surface area contributed by atoms with E-state index in [-0.39, 0.29) is 10.7 Å². The van der Waals surface area contributed by atoms with Gasteiger partial charge in [-0.05, 0) is 29.7 Å². The van der Waals surface area contributed by atoms with Crippen LogP contribution >= 0.6 is 23.6 Å². The first-order valence-electron chi connectivity index (χ1n) is 4.95. The van der Waals surface area contributed by atoms with Crippen molar-refractivity contribution >= 4 is 39.6 Å². The van der Waals surface area contributed by atoms with E-state index in [1.165, 1.54) is 10.1 Å². The number of hydrogen-bond donors (Lipinski definition) is 2. The second kappa shape index (κ2) is 3.90. The molecule has 1 aromatic carbocycles. The summed E-state index contributed by atoms with van der Waals surface area (Å²) in [6.07, 6.45) is 0. The second-order valence-corrected chi connectivity index (χ2v) is 4.96. The highest BCUT2D eigenvalue weighted by Gasteiger charge is 2.06. The van der Waals surface area contributed by atoms with E-state index in [4.69, 9.17) is 18.0 Å². The number of rotatable bonds is 1. The van der Waals surface area contributed by atoms with Gasteiger partial charge >= 0.3 is 0 Å². The van der Waals surface area contributed by atoms with Gasteiger partial charge in [0.15, 0.2) is 5.82 Å². The van der Waals surface area contributed by atoms with Crippen molar-refractivity contribution in [1.29, 1.82) is 0 Å². The van der Waals surface area contributed by atoms with Crippen LogP contribution in [0.5, 0.6) is 0 Å². The van der Waals surface area contributed by atoms with Gasteiger partial charge in [0.1, 0.15) is 0 Å². The molecule has 4 nitrogen and oxygen atoms in total. The van der Waals surface area contributed by atoms with E-state index in [1.54, 1.807) is 11.3 Å². The molecular weight excluding hydrogens is 252 g/mol. The van der Waals surface area contributed by atoms with Gasteiger partial charge in [-0.1, -0.05) is 18.2 Å². The maximum atomic E-state index is 5.62. The Morgan fingerprint density at radius 2 is 2.06 bits per heavy atom. The summed E-state index contributed by atoms with van der Waals surface area (Å²) in [5.74, 6) is 0.959. The predicted molar refractivity (Wildman–Crippen MR) is 72.4 cm³/mol. The molecule has 3 rings (SSSR count). The van der Waals surface area contributed by atoms with E-state index in [9.17, 15) is 0 Å². The van der Waals surface area contributed by atoms with Gasteiger partial charge in [0.05, 0.1) is 4.88 Å². The molecule has 0 fully saturated rings. The Kier molecular flexibility index (Phi) is 2.38. The highest BCUT2D eigenvalue weighted by atomic mass is 32.1. The minimum Gasteiger partial charge on any atom is -0.369 e. The summed E-state index contributed by atoms with van der Waals surface area (Å²) >= 11 is 6.59. The van der Waals surface area contributed by atoms with Crippen LogP contribution in [0.1, 0.15) is 0 Å². The standard InChI is InChI=1S/C11H8N4S2/c12-10-13-9(14-11(16)15-10)8-5-6-3-1-2-4-7(6)17-8/h1-5H,(H3,12,13,14,15,16). The van der Waals surface area contributed by atoms with Gasteiger partial charge in [-0.15, -0.1) is 11.3 Å². The van der Waals surface area contributed by atoms with Gasteiger partial charge in [0.25, 0.3) is 0 Å². The SMILES string of the molecule is Nc1nc(=S)nc(-c2cc3ccccc3s2)[nH]1. The number of fused-ring (bicyclic) bond motifs is 1. The fourth-order valence-corrected chi connectivity index (χ4v) is 2.81. The first-order chi connectivity index (χ1) is 8.22. The summed E-state index contributed by atoms with van der Waals surface area (Å²) in [6, 6.07) is 10.2. The molecule has 0 bridgehead atoms. The number of hydrogen-bond acceptors (Lipinski definition) is 5. The van der Waals surface area contributed by atoms with Crippen LogP contribution in [0, 0.1) is 4.77 Å². The van der Waals surface area contributed by atoms with Crippen LogP contribution in [0.15, 0.2) is 30.3 Å².